The Morgan fingerprint density at radius 3 is 3.00 bits per heavy atom. The van der Waals surface area contributed by atoms with Gasteiger partial charge in [-0.3, -0.25) is 0 Å². The fourth-order valence-corrected chi connectivity index (χ4v) is 1.61. The second-order valence-corrected chi connectivity index (χ2v) is 4.16. The SMILES string of the molecule is ICC/C=C\COC1CCCCO1. The Balaban J connectivity index is 1.97. The van der Waals surface area contributed by atoms with Crippen molar-refractivity contribution in [2.24, 2.45) is 0 Å². The molecule has 0 aromatic carbocycles. The van der Waals surface area contributed by atoms with Crippen LogP contribution in [0.25, 0.3) is 0 Å². The molecule has 76 valence electrons. The van der Waals surface area contributed by atoms with Crippen LogP contribution in [0.4, 0.5) is 0 Å². The van der Waals surface area contributed by atoms with E-state index < -0.39 is 0 Å². The zero-order valence-electron chi connectivity index (χ0n) is 7.88. The number of halogens is 1. The Morgan fingerprint density at radius 2 is 2.31 bits per heavy atom. The molecule has 1 aliphatic heterocycles. The smallest absolute Gasteiger partial charge is 0.157 e. The first-order chi connectivity index (χ1) is 6.43. The molecule has 2 nitrogen and oxygen atoms in total. The van der Waals surface area contributed by atoms with Gasteiger partial charge in [-0.25, -0.2) is 0 Å². The summed E-state index contributed by atoms with van der Waals surface area (Å²) in [5.41, 5.74) is 0. The van der Waals surface area contributed by atoms with E-state index >= 15 is 0 Å². The Labute approximate surface area is 93.8 Å². The van der Waals surface area contributed by atoms with E-state index in [1.165, 1.54) is 17.3 Å². The van der Waals surface area contributed by atoms with Crippen molar-refractivity contribution in [3.63, 3.8) is 0 Å². The van der Waals surface area contributed by atoms with Gasteiger partial charge < -0.3 is 9.47 Å². The molecule has 1 heterocycles. The topological polar surface area (TPSA) is 18.5 Å². The molecule has 3 heteroatoms. The van der Waals surface area contributed by atoms with E-state index in [4.69, 9.17) is 9.47 Å². The van der Waals surface area contributed by atoms with Crippen molar-refractivity contribution in [3.05, 3.63) is 12.2 Å². The van der Waals surface area contributed by atoms with Crippen LogP contribution in [-0.2, 0) is 9.47 Å². The number of alkyl halides is 1. The summed E-state index contributed by atoms with van der Waals surface area (Å²) in [6.45, 7) is 1.56. The Hall–Kier alpha value is 0.390. The molecule has 0 radical (unpaired) electrons. The van der Waals surface area contributed by atoms with Gasteiger partial charge in [-0.15, -0.1) is 0 Å². The summed E-state index contributed by atoms with van der Waals surface area (Å²) in [6.07, 6.45) is 8.91. The molecule has 0 aliphatic carbocycles. The molecular weight excluding hydrogens is 279 g/mol. The maximum atomic E-state index is 5.52. The van der Waals surface area contributed by atoms with Crippen molar-refractivity contribution < 1.29 is 9.47 Å². The molecule has 0 N–H and O–H groups in total. The lowest BCUT2D eigenvalue weighted by atomic mass is 10.2. The first-order valence-corrected chi connectivity index (χ1v) is 6.40. The number of hydrogen-bond acceptors (Lipinski definition) is 2. The Kier molecular flexibility index (Phi) is 6.85. The van der Waals surface area contributed by atoms with Gasteiger partial charge in [0.25, 0.3) is 0 Å². The summed E-state index contributed by atoms with van der Waals surface area (Å²) in [5, 5.41) is 0. The molecule has 13 heavy (non-hydrogen) atoms. The van der Waals surface area contributed by atoms with Gasteiger partial charge in [0.15, 0.2) is 6.29 Å². The van der Waals surface area contributed by atoms with Crippen LogP contribution in [-0.4, -0.2) is 23.9 Å². The third kappa shape index (κ3) is 5.65. The lowest BCUT2D eigenvalue weighted by Gasteiger charge is -2.21. The lowest BCUT2D eigenvalue weighted by Crippen LogP contribution is -2.22. The summed E-state index contributed by atoms with van der Waals surface area (Å²) in [5.74, 6) is 0. The molecule has 1 unspecified atom stereocenters. The monoisotopic (exact) mass is 296 g/mol. The van der Waals surface area contributed by atoms with Gasteiger partial charge in [0.05, 0.1) is 6.61 Å². The number of allylic oxidation sites excluding steroid dienone is 1. The van der Waals surface area contributed by atoms with Gasteiger partial charge in [-0.05, 0) is 25.7 Å². The van der Waals surface area contributed by atoms with Crippen molar-refractivity contribution in [1.29, 1.82) is 0 Å². The second kappa shape index (κ2) is 7.76. The summed E-state index contributed by atoms with van der Waals surface area (Å²) in [6, 6.07) is 0. The predicted molar refractivity (Wildman–Crippen MR) is 62.2 cm³/mol. The zero-order valence-corrected chi connectivity index (χ0v) is 10.0. The maximum absolute atomic E-state index is 5.52. The Bertz CT molecular complexity index is 142. The first-order valence-electron chi connectivity index (χ1n) is 4.87. The van der Waals surface area contributed by atoms with Crippen molar-refractivity contribution in [3.8, 4) is 0 Å². The zero-order chi connectivity index (χ0) is 9.36. The van der Waals surface area contributed by atoms with E-state index in [-0.39, 0.29) is 6.29 Å². The number of rotatable bonds is 5. The molecule has 0 aromatic rings. The van der Waals surface area contributed by atoms with Gasteiger partial charge in [-0.2, -0.15) is 0 Å². The van der Waals surface area contributed by atoms with Crippen molar-refractivity contribution in [2.75, 3.05) is 17.6 Å². The lowest BCUT2D eigenvalue weighted by molar-refractivity contribution is -0.155. The standard InChI is InChI=1S/C10H17IO2/c11-7-3-1-4-8-12-10-6-2-5-9-13-10/h1,4,10H,2-3,5-9H2/b4-1-. The molecule has 1 atom stereocenters. The van der Waals surface area contributed by atoms with Crippen LogP contribution in [0.3, 0.4) is 0 Å². The first kappa shape index (κ1) is 11.5. The highest BCUT2D eigenvalue weighted by Gasteiger charge is 2.12. The molecule has 0 saturated carbocycles. The average molecular weight is 296 g/mol. The van der Waals surface area contributed by atoms with E-state index in [1.54, 1.807) is 0 Å². The minimum absolute atomic E-state index is 0.0537. The number of ether oxygens (including phenoxy) is 2. The molecule has 0 spiro atoms. The summed E-state index contributed by atoms with van der Waals surface area (Å²) in [4.78, 5) is 0. The highest BCUT2D eigenvalue weighted by atomic mass is 127. The van der Waals surface area contributed by atoms with Crippen LogP contribution < -0.4 is 0 Å². The van der Waals surface area contributed by atoms with Crippen LogP contribution in [0.2, 0.25) is 0 Å². The number of hydrogen-bond donors (Lipinski definition) is 0. The van der Waals surface area contributed by atoms with Crippen LogP contribution in [0, 0.1) is 0 Å². The van der Waals surface area contributed by atoms with E-state index in [0.29, 0.717) is 6.61 Å². The van der Waals surface area contributed by atoms with E-state index in [0.717, 1.165) is 19.4 Å². The van der Waals surface area contributed by atoms with E-state index in [2.05, 4.69) is 34.7 Å². The van der Waals surface area contributed by atoms with Crippen LogP contribution in [0.15, 0.2) is 12.2 Å². The Morgan fingerprint density at radius 1 is 1.38 bits per heavy atom. The fourth-order valence-electron chi connectivity index (χ4n) is 1.25. The minimum Gasteiger partial charge on any atom is -0.353 e. The second-order valence-electron chi connectivity index (χ2n) is 3.08. The molecule has 1 saturated heterocycles. The fraction of sp³-hybridized carbons (Fsp3) is 0.800. The molecule has 0 amide bonds. The third-order valence-electron chi connectivity index (χ3n) is 1.96. The van der Waals surface area contributed by atoms with E-state index in [1.807, 2.05) is 0 Å². The van der Waals surface area contributed by atoms with Crippen molar-refractivity contribution >= 4 is 22.6 Å². The highest BCUT2D eigenvalue weighted by Crippen LogP contribution is 2.13. The molecule has 0 bridgehead atoms. The minimum atomic E-state index is 0.0537. The van der Waals surface area contributed by atoms with Gasteiger partial charge in [0, 0.05) is 11.0 Å². The average Bonchev–Trinajstić information content (AvgIpc) is 2.19. The normalized spacial score (nSPS) is 23.9. The maximum Gasteiger partial charge on any atom is 0.157 e. The third-order valence-corrected chi connectivity index (χ3v) is 2.58. The molecular formula is C10H17IO2. The van der Waals surface area contributed by atoms with Crippen LogP contribution in [0.1, 0.15) is 25.7 Å². The van der Waals surface area contributed by atoms with Gasteiger partial charge in [0.2, 0.25) is 0 Å². The molecule has 0 aromatic heterocycles. The van der Waals surface area contributed by atoms with Gasteiger partial charge in [-0.1, -0.05) is 34.7 Å². The van der Waals surface area contributed by atoms with E-state index in [9.17, 15) is 0 Å². The van der Waals surface area contributed by atoms with Crippen molar-refractivity contribution in [1.82, 2.24) is 0 Å². The summed E-state index contributed by atoms with van der Waals surface area (Å²) >= 11 is 2.37. The summed E-state index contributed by atoms with van der Waals surface area (Å²) in [7, 11) is 0. The van der Waals surface area contributed by atoms with Gasteiger partial charge in [0.1, 0.15) is 0 Å². The largest absolute Gasteiger partial charge is 0.353 e. The van der Waals surface area contributed by atoms with Crippen LogP contribution >= 0.6 is 22.6 Å². The predicted octanol–water partition coefficient (Wildman–Crippen LogP) is 2.91. The van der Waals surface area contributed by atoms with Crippen LogP contribution in [0.5, 0.6) is 0 Å². The molecule has 1 rings (SSSR count). The van der Waals surface area contributed by atoms with Gasteiger partial charge >= 0.3 is 0 Å². The quantitative estimate of drug-likeness (QED) is 0.441. The highest BCUT2D eigenvalue weighted by molar-refractivity contribution is 14.1. The van der Waals surface area contributed by atoms with Crippen molar-refractivity contribution in [2.45, 2.75) is 32.0 Å². The molecule has 1 fully saturated rings. The summed E-state index contributed by atoms with van der Waals surface area (Å²) < 4.78 is 12.1. The molecule has 1 aliphatic rings.